The highest BCUT2D eigenvalue weighted by Gasteiger charge is 2.29. The number of hydrogen-bond donors (Lipinski definition) is 1. The third-order valence-corrected chi connectivity index (χ3v) is 4.76. The summed E-state index contributed by atoms with van der Waals surface area (Å²) in [5.41, 5.74) is 2.09. The highest BCUT2D eigenvalue weighted by Crippen LogP contribution is 2.40. The second-order valence-corrected chi connectivity index (χ2v) is 6.03. The number of halogens is 1. The maximum atomic E-state index is 4.82. The number of pyridine rings is 1. The first-order valence-corrected chi connectivity index (χ1v) is 7.98. The molecule has 106 valence electrons. The molecule has 0 amide bonds. The summed E-state index contributed by atoms with van der Waals surface area (Å²) in [6, 6.07) is 5.00. The largest absolute Gasteiger partial charge is 0.367 e. The maximum Gasteiger partial charge on any atom is 0.139 e. The van der Waals surface area contributed by atoms with Gasteiger partial charge in [-0.25, -0.2) is 4.68 Å². The number of fused-ring (bicyclic) bond motifs is 1. The van der Waals surface area contributed by atoms with E-state index in [0.29, 0.717) is 12.1 Å². The van der Waals surface area contributed by atoms with Crippen LogP contribution in [0.25, 0.3) is 11.3 Å². The molecule has 2 atom stereocenters. The van der Waals surface area contributed by atoms with Crippen molar-refractivity contribution in [1.29, 1.82) is 0 Å². The Morgan fingerprint density at radius 1 is 1.30 bits per heavy atom. The zero-order valence-corrected chi connectivity index (χ0v) is 13.4. The molecule has 2 aromatic heterocycles. The molecule has 3 rings (SSSR count). The van der Waals surface area contributed by atoms with Gasteiger partial charge in [-0.1, -0.05) is 13.8 Å². The Morgan fingerprint density at radius 2 is 2.05 bits per heavy atom. The zero-order valence-electron chi connectivity index (χ0n) is 11.8. The first kappa shape index (κ1) is 13.6. The monoisotopic (exact) mass is 334 g/mol. The number of aromatic nitrogens is 3. The SMILES string of the molecule is CCC1CC(CC)n2nc(-c3ccncc3)c(Br)c2N1. The molecule has 0 saturated carbocycles. The average molecular weight is 335 g/mol. The van der Waals surface area contributed by atoms with Crippen LogP contribution in [0.15, 0.2) is 29.0 Å². The van der Waals surface area contributed by atoms with Crippen LogP contribution in [0.1, 0.15) is 39.2 Å². The molecule has 0 fully saturated rings. The van der Waals surface area contributed by atoms with E-state index in [4.69, 9.17) is 5.10 Å². The fraction of sp³-hybridized carbons (Fsp3) is 0.467. The summed E-state index contributed by atoms with van der Waals surface area (Å²) in [5, 5.41) is 8.43. The summed E-state index contributed by atoms with van der Waals surface area (Å²) < 4.78 is 3.20. The van der Waals surface area contributed by atoms with Gasteiger partial charge in [0.15, 0.2) is 0 Å². The van der Waals surface area contributed by atoms with E-state index in [1.807, 2.05) is 12.1 Å². The van der Waals surface area contributed by atoms with Gasteiger partial charge in [-0.15, -0.1) is 0 Å². The van der Waals surface area contributed by atoms with Gasteiger partial charge in [0.2, 0.25) is 0 Å². The van der Waals surface area contributed by atoms with Gasteiger partial charge in [-0.05, 0) is 47.3 Å². The minimum atomic E-state index is 0.475. The molecule has 0 aliphatic carbocycles. The summed E-state index contributed by atoms with van der Waals surface area (Å²) in [6.45, 7) is 4.46. The Hall–Kier alpha value is -1.36. The molecule has 1 aliphatic heterocycles. The third-order valence-electron chi connectivity index (χ3n) is 4.01. The molecule has 0 aromatic carbocycles. The molecule has 0 saturated heterocycles. The maximum absolute atomic E-state index is 4.82. The van der Waals surface area contributed by atoms with Crippen molar-refractivity contribution in [2.45, 2.75) is 45.2 Å². The second kappa shape index (κ2) is 5.56. The molecule has 20 heavy (non-hydrogen) atoms. The Labute approximate surface area is 127 Å². The van der Waals surface area contributed by atoms with Crippen molar-refractivity contribution in [2.75, 3.05) is 5.32 Å². The van der Waals surface area contributed by atoms with E-state index in [1.54, 1.807) is 12.4 Å². The predicted molar refractivity (Wildman–Crippen MR) is 84.8 cm³/mol. The molecule has 2 unspecified atom stereocenters. The van der Waals surface area contributed by atoms with Gasteiger partial charge in [0.05, 0.1) is 10.5 Å². The second-order valence-electron chi connectivity index (χ2n) is 5.24. The molecule has 0 spiro atoms. The minimum absolute atomic E-state index is 0.475. The number of nitrogens with zero attached hydrogens (tertiary/aromatic N) is 3. The van der Waals surface area contributed by atoms with Crippen molar-refractivity contribution in [1.82, 2.24) is 14.8 Å². The van der Waals surface area contributed by atoms with Crippen LogP contribution in [0, 0.1) is 0 Å². The van der Waals surface area contributed by atoms with Gasteiger partial charge in [-0.2, -0.15) is 5.10 Å². The zero-order chi connectivity index (χ0) is 14.1. The Kier molecular flexibility index (Phi) is 3.78. The molecule has 1 aliphatic rings. The topological polar surface area (TPSA) is 42.7 Å². The van der Waals surface area contributed by atoms with Crippen molar-refractivity contribution >= 4 is 21.7 Å². The van der Waals surface area contributed by atoms with Gasteiger partial charge >= 0.3 is 0 Å². The Bertz CT molecular complexity index is 593. The summed E-state index contributed by atoms with van der Waals surface area (Å²) in [6.07, 6.45) is 7.00. The van der Waals surface area contributed by atoms with Gasteiger partial charge in [0.1, 0.15) is 11.5 Å². The normalized spacial score (nSPS) is 21.4. The molecule has 5 heteroatoms. The molecule has 3 heterocycles. The quantitative estimate of drug-likeness (QED) is 0.912. The van der Waals surface area contributed by atoms with E-state index in [0.717, 1.165) is 40.8 Å². The molecule has 0 radical (unpaired) electrons. The van der Waals surface area contributed by atoms with Gasteiger partial charge < -0.3 is 5.32 Å². The molecule has 2 aromatic rings. The van der Waals surface area contributed by atoms with Crippen molar-refractivity contribution in [3.63, 3.8) is 0 Å². The highest BCUT2D eigenvalue weighted by molar-refractivity contribution is 9.10. The van der Waals surface area contributed by atoms with Crippen molar-refractivity contribution in [3.8, 4) is 11.3 Å². The summed E-state index contributed by atoms with van der Waals surface area (Å²) >= 11 is 3.72. The molecule has 0 bridgehead atoms. The van der Waals surface area contributed by atoms with E-state index in [-0.39, 0.29) is 0 Å². The fourth-order valence-electron chi connectivity index (χ4n) is 2.79. The van der Waals surface area contributed by atoms with Crippen LogP contribution in [0.4, 0.5) is 5.82 Å². The van der Waals surface area contributed by atoms with E-state index in [9.17, 15) is 0 Å². The van der Waals surface area contributed by atoms with E-state index >= 15 is 0 Å². The summed E-state index contributed by atoms with van der Waals surface area (Å²) in [5.74, 6) is 1.11. The lowest BCUT2D eigenvalue weighted by molar-refractivity contribution is 0.363. The Balaban J connectivity index is 2.07. The van der Waals surface area contributed by atoms with E-state index in [2.05, 4.69) is 44.8 Å². The number of anilines is 1. The van der Waals surface area contributed by atoms with Crippen LogP contribution in [0.2, 0.25) is 0 Å². The van der Waals surface area contributed by atoms with Gasteiger partial charge in [0.25, 0.3) is 0 Å². The van der Waals surface area contributed by atoms with Gasteiger partial charge in [-0.3, -0.25) is 4.98 Å². The lowest BCUT2D eigenvalue weighted by Gasteiger charge is -2.31. The highest BCUT2D eigenvalue weighted by atomic mass is 79.9. The third kappa shape index (κ3) is 2.24. The fourth-order valence-corrected chi connectivity index (χ4v) is 3.40. The predicted octanol–water partition coefficient (Wildman–Crippen LogP) is 4.25. The minimum Gasteiger partial charge on any atom is -0.367 e. The van der Waals surface area contributed by atoms with Crippen LogP contribution in [0.3, 0.4) is 0 Å². The van der Waals surface area contributed by atoms with Crippen LogP contribution in [-0.2, 0) is 0 Å². The standard InChI is InChI=1S/C15H19BrN4/c1-3-11-9-12(4-2)20-15(18-11)13(16)14(19-20)10-5-7-17-8-6-10/h5-8,11-12,18H,3-4,9H2,1-2H3. The van der Waals surface area contributed by atoms with Crippen LogP contribution in [-0.4, -0.2) is 20.8 Å². The lowest BCUT2D eigenvalue weighted by atomic mass is 10.0. The van der Waals surface area contributed by atoms with Crippen LogP contribution in [0.5, 0.6) is 0 Å². The first-order valence-electron chi connectivity index (χ1n) is 7.19. The number of rotatable bonds is 3. The van der Waals surface area contributed by atoms with Crippen LogP contribution < -0.4 is 5.32 Å². The molecule has 4 nitrogen and oxygen atoms in total. The number of nitrogens with one attached hydrogen (secondary N) is 1. The van der Waals surface area contributed by atoms with Crippen molar-refractivity contribution in [3.05, 3.63) is 29.0 Å². The Morgan fingerprint density at radius 3 is 2.70 bits per heavy atom. The van der Waals surface area contributed by atoms with Gasteiger partial charge in [0, 0.05) is 24.0 Å². The average Bonchev–Trinajstić information content (AvgIpc) is 2.84. The smallest absolute Gasteiger partial charge is 0.139 e. The van der Waals surface area contributed by atoms with Crippen molar-refractivity contribution < 1.29 is 0 Å². The molecular weight excluding hydrogens is 316 g/mol. The lowest BCUT2D eigenvalue weighted by Crippen LogP contribution is -2.31. The summed E-state index contributed by atoms with van der Waals surface area (Å²) in [4.78, 5) is 4.07. The summed E-state index contributed by atoms with van der Waals surface area (Å²) in [7, 11) is 0. The van der Waals surface area contributed by atoms with Crippen molar-refractivity contribution in [2.24, 2.45) is 0 Å². The number of hydrogen-bond acceptors (Lipinski definition) is 3. The van der Waals surface area contributed by atoms with Crippen LogP contribution >= 0.6 is 15.9 Å². The van der Waals surface area contributed by atoms with E-state index in [1.165, 1.54) is 0 Å². The molecular formula is C15H19BrN4. The molecule has 1 N–H and O–H groups in total. The van der Waals surface area contributed by atoms with E-state index < -0.39 is 0 Å². The first-order chi connectivity index (χ1) is 9.74.